The molecule has 0 aromatic heterocycles. The van der Waals surface area contributed by atoms with E-state index >= 15 is 0 Å². The summed E-state index contributed by atoms with van der Waals surface area (Å²) in [5.41, 5.74) is -0.0189. The Bertz CT molecular complexity index is 711. The molecule has 2 aromatic rings. The number of nitrogens with zero attached hydrogens (tertiary/aromatic N) is 1. The minimum absolute atomic E-state index is 0.0189. The van der Waals surface area contributed by atoms with Crippen molar-refractivity contribution < 1.29 is 4.92 Å². The predicted octanol–water partition coefficient (Wildman–Crippen LogP) is 6.33. The minimum Gasteiger partial charge on any atom is -0.258 e. The van der Waals surface area contributed by atoms with Gasteiger partial charge in [0.2, 0.25) is 3.79 Å². The summed E-state index contributed by atoms with van der Waals surface area (Å²) in [4.78, 5) is 11.9. The number of benzene rings is 2. The number of thioether (sulfide) groups is 1. The van der Waals surface area contributed by atoms with Gasteiger partial charge in [0.1, 0.15) is 10.3 Å². The molecule has 24 heavy (non-hydrogen) atoms. The molecule has 0 aliphatic rings. The largest absolute Gasteiger partial charge is 0.284 e. The third-order valence-corrected chi connectivity index (χ3v) is 6.32. The number of nitrogens with one attached hydrogen (secondary N) is 1. The summed E-state index contributed by atoms with van der Waals surface area (Å²) in [7, 11) is 0. The lowest BCUT2D eigenvalue weighted by atomic mass is 10.3. The fraction of sp³-hybridized carbons (Fsp3) is 0.143. The smallest absolute Gasteiger partial charge is 0.258 e. The van der Waals surface area contributed by atoms with Crippen LogP contribution in [-0.4, -0.2) is 14.1 Å². The second-order valence-corrected chi connectivity index (χ2v) is 9.30. The third-order valence-electron chi connectivity index (χ3n) is 2.70. The predicted molar refractivity (Wildman–Crippen MR) is 103 cm³/mol. The maximum absolute atomic E-state index is 11.1. The molecular weight excluding hydrogens is 434 g/mol. The highest BCUT2D eigenvalue weighted by molar-refractivity contribution is 8.02. The van der Waals surface area contributed by atoms with Gasteiger partial charge in [0.15, 0.2) is 0 Å². The zero-order chi connectivity index (χ0) is 17.7. The van der Waals surface area contributed by atoms with Crippen LogP contribution in [0.5, 0.6) is 0 Å². The first kappa shape index (κ1) is 20.0. The van der Waals surface area contributed by atoms with Gasteiger partial charge in [-0.15, -0.1) is 11.8 Å². The summed E-state index contributed by atoms with van der Waals surface area (Å²) in [6, 6.07) is 13.4. The van der Waals surface area contributed by atoms with Crippen LogP contribution >= 0.6 is 70.1 Å². The van der Waals surface area contributed by atoms with Crippen molar-refractivity contribution in [1.82, 2.24) is 4.72 Å². The van der Waals surface area contributed by atoms with E-state index in [0.717, 1.165) is 16.8 Å². The first-order valence-electron chi connectivity index (χ1n) is 6.42. The van der Waals surface area contributed by atoms with Crippen molar-refractivity contribution in [3.63, 3.8) is 0 Å². The van der Waals surface area contributed by atoms with Gasteiger partial charge in [-0.2, -0.15) is 0 Å². The van der Waals surface area contributed by atoms with Crippen LogP contribution in [0.2, 0.25) is 5.02 Å². The molecule has 0 saturated heterocycles. The molecular formula is C14H10Cl4N2O2S2. The highest BCUT2D eigenvalue weighted by Crippen LogP contribution is 2.41. The van der Waals surface area contributed by atoms with Crippen molar-refractivity contribution >= 4 is 75.8 Å². The van der Waals surface area contributed by atoms with E-state index in [0.29, 0.717) is 9.92 Å². The Morgan fingerprint density at radius 3 is 2.29 bits per heavy atom. The maximum Gasteiger partial charge on any atom is 0.284 e. The number of alkyl halides is 3. The Balaban J connectivity index is 2.13. The average Bonchev–Trinajstić information content (AvgIpc) is 2.52. The lowest BCUT2D eigenvalue weighted by Crippen LogP contribution is -2.33. The molecule has 0 spiro atoms. The van der Waals surface area contributed by atoms with E-state index in [1.54, 1.807) is 42.5 Å². The zero-order valence-corrected chi connectivity index (χ0v) is 16.4. The van der Waals surface area contributed by atoms with Gasteiger partial charge in [0.05, 0.1) is 4.92 Å². The van der Waals surface area contributed by atoms with Crippen LogP contribution in [0, 0.1) is 10.1 Å². The van der Waals surface area contributed by atoms with Gasteiger partial charge in [0, 0.05) is 16.0 Å². The zero-order valence-electron chi connectivity index (χ0n) is 11.8. The van der Waals surface area contributed by atoms with E-state index in [1.807, 2.05) is 0 Å². The highest BCUT2D eigenvalue weighted by atomic mass is 35.6. The van der Waals surface area contributed by atoms with Crippen LogP contribution in [0.3, 0.4) is 0 Å². The van der Waals surface area contributed by atoms with Crippen LogP contribution in [0.25, 0.3) is 0 Å². The summed E-state index contributed by atoms with van der Waals surface area (Å²) in [6.45, 7) is 0. The van der Waals surface area contributed by atoms with Crippen molar-refractivity contribution in [3.8, 4) is 0 Å². The number of hydrogen-bond acceptors (Lipinski definition) is 5. The molecule has 0 unspecified atom stereocenters. The number of para-hydroxylation sites is 1. The molecule has 2 rings (SSSR count). The number of hydrogen-bond donors (Lipinski definition) is 1. The molecule has 1 atom stereocenters. The molecule has 0 amide bonds. The summed E-state index contributed by atoms with van der Waals surface area (Å²) < 4.78 is 1.36. The van der Waals surface area contributed by atoms with Gasteiger partial charge >= 0.3 is 0 Å². The lowest BCUT2D eigenvalue weighted by molar-refractivity contribution is -0.387. The second kappa shape index (κ2) is 8.85. The standard InChI is InChI=1S/C14H10Cl4N2O2S2/c15-9-5-7-10(8-6-9)23-13(14(16,17)18)19-24-12-4-2-1-3-11(12)20(21)22/h1-8,13,19H/t13-/m0/s1. The topological polar surface area (TPSA) is 55.2 Å². The molecule has 2 aromatic carbocycles. The monoisotopic (exact) mass is 442 g/mol. The van der Waals surface area contributed by atoms with Crippen molar-refractivity contribution in [3.05, 3.63) is 63.7 Å². The molecule has 0 heterocycles. The molecule has 1 N–H and O–H groups in total. The molecule has 10 heteroatoms. The van der Waals surface area contributed by atoms with Crippen LogP contribution < -0.4 is 4.72 Å². The number of rotatable bonds is 6. The van der Waals surface area contributed by atoms with E-state index in [1.165, 1.54) is 17.8 Å². The molecule has 0 aliphatic heterocycles. The van der Waals surface area contributed by atoms with Crippen LogP contribution in [0.1, 0.15) is 0 Å². The third kappa shape index (κ3) is 5.88. The Morgan fingerprint density at radius 1 is 1.08 bits per heavy atom. The van der Waals surface area contributed by atoms with Crippen molar-refractivity contribution in [2.45, 2.75) is 19.0 Å². The molecule has 0 saturated carbocycles. The molecule has 4 nitrogen and oxygen atoms in total. The van der Waals surface area contributed by atoms with E-state index in [2.05, 4.69) is 4.72 Å². The van der Waals surface area contributed by atoms with Crippen molar-refractivity contribution in [2.24, 2.45) is 0 Å². The van der Waals surface area contributed by atoms with E-state index < -0.39 is 14.1 Å². The highest BCUT2D eigenvalue weighted by Gasteiger charge is 2.34. The van der Waals surface area contributed by atoms with Gasteiger partial charge in [0.25, 0.3) is 5.69 Å². The fourth-order valence-electron chi connectivity index (χ4n) is 1.62. The van der Waals surface area contributed by atoms with Gasteiger partial charge in [-0.3, -0.25) is 10.1 Å². The molecule has 0 bridgehead atoms. The lowest BCUT2D eigenvalue weighted by Gasteiger charge is -2.24. The summed E-state index contributed by atoms with van der Waals surface area (Å²) in [5, 5.41) is 11.0. The quantitative estimate of drug-likeness (QED) is 0.141. The van der Waals surface area contributed by atoms with Crippen molar-refractivity contribution in [2.75, 3.05) is 0 Å². The number of halogens is 4. The minimum atomic E-state index is -1.62. The van der Waals surface area contributed by atoms with Gasteiger partial charge in [-0.25, -0.2) is 4.72 Å². The van der Waals surface area contributed by atoms with Crippen LogP contribution in [-0.2, 0) is 0 Å². The van der Waals surface area contributed by atoms with Crippen LogP contribution in [0.4, 0.5) is 5.69 Å². The summed E-state index contributed by atoms with van der Waals surface area (Å²) >= 11 is 26.2. The molecule has 128 valence electrons. The Hall–Kier alpha value is -0.340. The number of nitro groups is 1. The Morgan fingerprint density at radius 2 is 1.71 bits per heavy atom. The molecule has 0 aliphatic carbocycles. The Labute approximate surface area is 167 Å². The molecule has 0 radical (unpaired) electrons. The maximum atomic E-state index is 11.1. The van der Waals surface area contributed by atoms with Gasteiger partial charge < -0.3 is 0 Å². The van der Waals surface area contributed by atoms with Gasteiger partial charge in [-0.05, 0) is 42.3 Å². The van der Waals surface area contributed by atoms with Crippen LogP contribution in [0.15, 0.2) is 58.3 Å². The van der Waals surface area contributed by atoms with E-state index in [-0.39, 0.29) is 5.69 Å². The van der Waals surface area contributed by atoms with E-state index in [4.69, 9.17) is 46.4 Å². The van der Waals surface area contributed by atoms with Gasteiger partial charge in [-0.1, -0.05) is 58.5 Å². The second-order valence-electron chi connectivity index (χ2n) is 4.44. The van der Waals surface area contributed by atoms with E-state index in [9.17, 15) is 10.1 Å². The Kier molecular flexibility index (Phi) is 7.37. The summed E-state index contributed by atoms with van der Waals surface area (Å²) in [6.07, 6.45) is 0. The molecule has 0 fully saturated rings. The SMILES string of the molecule is O=[N+]([O-])c1ccccc1SN[C@@H](Sc1ccc(Cl)cc1)C(Cl)(Cl)Cl. The first-order chi connectivity index (χ1) is 11.3. The van der Waals surface area contributed by atoms with Crippen molar-refractivity contribution in [1.29, 1.82) is 0 Å². The first-order valence-corrected chi connectivity index (χ1v) is 9.63. The summed E-state index contributed by atoms with van der Waals surface area (Å²) in [5.74, 6) is 0. The fourth-order valence-corrected chi connectivity index (χ4v) is 4.34. The number of nitro benzene ring substituents is 1. The normalized spacial score (nSPS) is 12.8. The average molecular weight is 444 g/mol.